The first-order valence-electron chi connectivity index (χ1n) is 21.3. The zero-order valence-electron chi connectivity index (χ0n) is 33.7. The summed E-state index contributed by atoms with van der Waals surface area (Å²) in [6.45, 7) is 0. The van der Waals surface area contributed by atoms with Gasteiger partial charge in [0.1, 0.15) is 5.58 Å². The van der Waals surface area contributed by atoms with Crippen LogP contribution < -0.4 is 4.90 Å². The van der Waals surface area contributed by atoms with Gasteiger partial charge < -0.3 is 9.32 Å². The Labute approximate surface area is 358 Å². The molecule has 13 rings (SSSR count). The molecule has 0 saturated carbocycles. The first-order chi connectivity index (χ1) is 30.8. The highest BCUT2D eigenvalue weighted by Gasteiger charge is 2.24. The summed E-state index contributed by atoms with van der Waals surface area (Å²) in [4.78, 5) is 2.38. The molecule has 13 aromatic rings. The van der Waals surface area contributed by atoms with Crippen molar-refractivity contribution in [3.8, 4) is 22.3 Å². The third-order valence-electron chi connectivity index (χ3n) is 13.0. The van der Waals surface area contributed by atoms with Gasteiger partial charge in [-0.1, -0.05) is 182 Å². The number of anilines is 3. The van der Waals surface area contributed by atoms with E-state index in [2.05, 4.69) is 229 Å². The van der Waals surface area contributed by atoms with Crippen LogP contribution >= 0.6 is 0 Å². The van der Waals surface area contributed by atoms with Crippen LogP contribution in [0.15, 0.2) is 229 Å². The number of hydrogen-bond donors (Lipinski definition) is 0. The Kier molecular flexibility index (Phi) is 7.64. The van der Waals surface area contributed by atoms with Crippen molar-refractivity contribution in [2.24, 2.45) is 0 Å². The van der Waals surface area contributed by atoms with Crippen LogP contribution in [0.2, 0.25) is 0 Å². The third-order valence-corrected chi connectivity index (χ3v) is 13.0. The second-order valence-electron chi connectivity index (χ2n) is 16.4. The molecule has 2 nitrogen and oxygen atoms in total. The maximum atomic E-state index is 7.43. The second-order valence-corrected chi connectivity index (χ2v) is 16.4. The molecule has 1 aromatic heterocycles. The highest BCUT2D eigenvalue weighted by Crippen LogP contribution is 2.49. The van der Waals surface area contributed by atoms with Crippen molar-refractivity contribution in [1.29, 1.82) is 0 Å². The Morgan fingerprint density at radius 2 is 0.774 bits per heavy atom. The minimum Gasteiger partial charge on any atom is -0.453 e. The van der Waals surface area contributed by atoms with Gasteiger partial charge in [0.2, 0.25) is 0 Å². The molecule has 0 bridgehead atoms. The fourth-order valence-electron chi connectivity index (χ4n) is 10.2. The SMILES string of the molecule is c1ccc(-c2ccc(N(c3ccc4c5ccccc5c5ccccc5c4c3)c3cccc4c3oc3c(-c5cc6ccccc6c6ccccc56)c5ccccc5cc34)cc2)cc1. The van der Waals surface area contributed by atoms with E-state index < -0.39 is 0 Å². The average Bonchev–Trinajstić information content (AvgIpc) is 3.72. The van der Waals surface area contributed by atoms with E-state index >= 15 is 0 Å². The van der Waals surface area contributed by atoms with Crippen LogP contribution in [0.1, 0.15) is 0 Å². The van der Waals surface area contributed by atoms with E-state index in [0.29, 0.717) is 0 Å². The largest absolute Gasteiger partial charge is 0.453 e. The van der Waals surface area contributed by atoms with Crippen LogP contribution in [0, 0.1) is 0 Å². The summed E-state index contributed by atoms with van der Waals surface area (Å²) in [7, 11) is 0. The molecule has 0 N–H and O–H groups in total. The number of para-hydroxylation sites is 1. The van der Waals surface area contributed by atoms with Crippen LogP contribution in [-0.4, -0.2) is 0 Å². The molecule has 0 saturated heterocycles. The second kappa shape index (κ2) is 13.7. The van der Waals surface area contributed by atoms with E-state index in [-0.39, 0.29) is 0 Å². The molecule has 288 valence electrons. The lowest BCUT2D eigenvalue weighted by molar-refractivity contribution is 0.670. The van der Waals surface area contributed by atoms with Crippen molar-refractivity contribution in [2.75, 3.05) is 4.90 Å². The van der Waals surface area contributed by atoms with Crippen molar-refractivity contribution in [3.63, 3.8) is 0 Å². The Morgan fingerprint density at radius 1 is 0.274 bits per heavy atom. The van der Waals surface area contributed by atoms with Crippen LogP contribution in [0.25, 0.3) is 109 Å². The Morgan fingerprint density at radius 3 is 1.47 bits per heavy atom. The van der Waals surface area contributed by atoms with Crippen molar-refractivity contribution in [3.05, 3.63) is 224 Å². The first-order valence-corrected chi connectivity index (χ1v) is 21.3. The van der Waals surface area contributed by atoms with Gasteiger partial charge in [-0.05, 0) is 124 Å². The predicted octanol–water partition coefficient (Wildman–Crippen LogP) is 17.3. The average molecular weight is 788 g/mol. The lowest BCUT2D eigenvalue weighted by Gasteiger charge is -2.26. The molecule has 0 aliphatic carbocycles. The highest BCUT2D eigenvalue weighted by molar-refractivity contribution is 6.27. The Hall–Kier alpha value is -8.20. The molecule has 12 aromatic carbocycles. The van der Waals surface area contributed by atoms with Crippen molar-refractivity contribution >= 4 is 104 Å². The smallest absolute Gasteiger partial charge is 0.159 e. The maximum absolute atomic E-state index is 7.43. The number of benzene rings is 12. The topological polar surface area (TPSA) is 16.4 Å². The van der Waals surface area contributed by atoms with Crippen molar-refractivity contribution in [1.82, 2.24) is 0 Å². The van der Waals surface area contributed by atoms with Gasteiger partial charge in [-0.3, -0.25) is 0 Å². The lowest BCUT2D eigenvalue weighted by atomic mass is 9.89. The summed E-state index contributed by atoms with van der Waals surface area (Å²) < 4.78 is 7.43. The van der Waals surface area contributed by atoms with E-state index in [4.69, 9.17) is 4.42 Å². The van der Waals surface area contributed by atoms with Gasteiger partial charge in [0.25, 0.3) is 0 Å². The number of fused-ring (bicyclic) bond motifs is 13. The predicted molar refractivity (Wildman–Crippen MR) is 264 cm³/mol. The minimum absolute atomic E-state index is 0.847. The van der Waals surface area contributed by atoms with Crippen LogP contribution in [0.4, 0.5) is 17.1 Å². The van der Waals surface area contributed by atoms with E-state index in [1.807, 2.05) is 0 Å². The number of furan rings is 1. The first kappa shape index (κ1) is 34.6. The van der Waals surface area contributed by atoms with Crippen LogP contribution in [-0.2, 0) is 0 Å². The summed E-state index contributed by atoms with van der Waals surface area (Å²) in [6, 6.07) is 81.6. The molecule has 0 atom stereocenters. The molecular formula is C60H37NO. The van der Waals surface area contributed by atoms with E-state index in [1.165, 1.54) is 81.3 Å². The van der Waals surface area contributed by atoms with Crippen molar-refractivity contribution in [2.45, 2.75) is 0 Å². The maximum Gasteiger partial charge on any atom is 0.159 e. The van der Waals surface area contributed by atoms with Gasteiger partial charge in [0.15, 0.2) is 5.58 Å². The fourth-order valence-corrected chi connectivity index (χ4v) is 10.2. The van der Waals surface area contributed by atoms with Gasteiger partial charge in [-0.15, -0.1) is 0 Å². The number of nitrogens with zero attached hydrogens (tertiary/aromatic N) is 1. The molecule has 1 heterocycles. The third kappa shape index (κ3) is 5.23. The normalized spacial score (nSPS) is 11.9. The molecule has 0 spiro atoms. The zero-order valence-corrected chi connectivity index (χ0v) is 33.7. The zero-order chi connectivity index (χ0) is 40.7. The molecule has 0 aliphatic heterocycles. The Balaban J connectivity index is 1.11. The molecule has 62 heavy (non-hydrogen) atoms. The highest BCUT2D eigenvalue weighted by atomic mass is 16.3. The summed E-state index contributed by atoms with van der Waals surface area (Å²) >= 11 is 0. The molecule has 0 amide bonds. The number of hydrogen-bond acceptors (Lipinski definition) is 2. The Bertz CT molecular complexity index is 3880. The molecule has 2 heteroatoms. The standard InChI is InChI=1S/C60H37NO/c1-2-15-38(16-3-1)39-29-31-42(32-30-39)61(43-33-34-52-49-24-10-9-22-47(49)48-23-11-12-25-50(48)54(52)37-43)57-28-14-27-53-56-36-41-18-5-7-20-45(41)58(60(56)62-59(53)57)55-35-40-17-4-6-19-44(40)46-21-8-13-26-51(46)55/h1-37H. The van der Waals surface area contributed by atoms with Crippen LogP contribution in [0.5, 0.6) is 0 Å². The fraction of sp³-hybridized carbons (Fsp3) is 0. The van der Waals surface area contributed by atoms with Crippen molar-refractivity contribution < 1.29 is 4.42 Å². The molecule has 0 aliphatic rings. The van der Waals surface area contributed by atoms with Crippen LogP contribution in [0.3, 0.4) is 0 Å². The van der Waals surface area contributed by atoms with E-state index in [9.17, 15) is 0 Å². The number of rotatable bonds is 5. The van der Waals surface area contributed by atoms with E-state index in [1.54, 1.807) is 0 Å². The van der Waals surface area contributed by atoms with Gasteiger partial charge in [-0.2, -0.15) is 0 Å². The summed E-state index contributed by atoms with van der Waals surface area (Å²) in [5.41, 5.74) is 9.47. The minimum atomic E-state index is 0.847. The molecule has 0 radical (unpaired) electrons. The van der Waals surface area contributed by atoms with Gasteiger partial charge in [-0.25, -0.2) is 0 Å². The monoisotopic (exact) mass is 787 g/mol. The summed E-state index contributed by atoms with van der Waals surface area (Å²) in [5, 5.41) is 16.9. The molecular weight excluding hydrogens is 751 g/mol. The van der Waals surface area contributed by atoms with Gasteiger partial charge >= 0.3 is 0 Å². The van der Waals surface area contributed by atoms with E-state index in [0.717, 1.165) is 44.6 Å². The summed E-state index contributed by atoms with van der Waals surface area (Å²) in [5.74, 6) is 0. The quantitative estimate of drug-likeness (QED) is 0.162. The molecule has 0 unspecified atom stereocenters. The summed E-state index contributed by atoms with van der Waals surface area (Å²) in [6.07, 6.45) is 0. The van der Waals surface area contributed by atoms with Gasteiger partial charge in [0, 0.05) is 27.7 Å². The van der Waals surface area contributed by atoms with Gasteiger partial charge in [0.05, 0.1) is 5.69 Å². The molecule has 0 fully saturated rings. The lowest BCUT2D eigenvalue weighted by Crippen LogP contribution is -2.10.